The minimum atomic E-state index is -0.0413. The number of hydrogen-bond donors (Lipinski definition) is 0. The van der Waals surface area contributed by atoms with Crippen molar-refractivity contribution in [2.45, 2.75) is 38.6 Å². The fourth-order valence-electron chi connectivity index (χ4n) is 3.37. The van der Waals surface area contributed by atoms with Gasteiger partial charge in [-0.1, -0.05) is 66.6 Å². The lowest BCUT2D eigenvalue weighted by atomic mass is 9.94. The second kappa shape index (κ2) is 7.56. The van der Waals surface area contributed by atoms with Crippen molar-refractivity contribution in [1.82, 2.24) is 4.90 Å². The molecule has 0 N–H and O–H groups in total. The van der Waals surface area contributed by atoms with Crippen molar-refractivity contribution >= 4 is 5.78 Å². The Morgan fingerprint density at radius 3 is 2.26 bits per heavy atom. The van der Waals surface area contributed by atoms with Gasteiger partial charge in [-0.05, 0) is 44.8 Å². The van der Waals surface area contributed by atoms with Gasteiger partial charge in [0.15, 0.2) is 5.78 Å². The Balaban J connectivity index is 1.84. The van der Waals surface area contributed by atoms with E-state index in [1.807, 2.05) is 30.3 Å². The Kier molecular flexibility index (Phi) is 5.24. The lowest BCUT2D eigenvalue weighted by molar-refractivity contribution is 0.0783. The van der Waals surface area contributed by atoms with Crippen LogP contribution in [0.25, 0.3) is 0 Å². The molecule has 2 nitrogen and oxygen atoms in total. The number of hydrogen-bond acceptors (Lipinski definition) is 2. The molecule has 1 fully saturated rings. The summed E-state index contributed by atoms with van der Waals surface area (Å²) in [6.45, 7) is 4.13. The van der Waals surface area contributed by atoms with Crippen molar-refractivity contribution in [3.05, 3.63) is 71.3 Å². The molecule has 0 radical (unpaired) electrons. The molecule has 1 saturated heterocycles. The van der Waals surface area contributed by atoms with Gasteiger partial charge in [0.05, 0.1) is 6.04 Å². The Hall–Kier alpha value is -1.93. The highest BCUT2D eigenvalue weighted by Crippen LogP contribution is 2.19. The molecule has 0 unspecified atom stereocenters. The Bertz CT molecular complexity index is 627. The molecule has 1 aliphatic rings. The van der Waals surface area contributed by atoms with Gasteiger partial charge >= 0.3 is 0 Å². The molecule has 2 heteroatoms. The molecule has 1 heterocycles. The van der Waals surface area contributed by atoms with Crippen molar-refractivity contribution < 1.29 is 4.79 Å². The van der Waals surface area contributed by atoms with Gasteiger partial charge in [0.1, 0.15) is 0 Å². The highest BCUT2D eigenvalue weighted by Gasteiger charge is 2.28. The van der Waals surface area contributed by atoms with Gasteiger partial charge in [0, 0.05) is 5.56 Å². The molecule has 120 valence electrons. The van der Waals surface area contributed by atoms with Crippen LogP contribution in [0.5, 0.6) is 0 Å². The van der Waals surface area contributed by atoms with Gasteiger partial charge in [-0.2, -0.15) is 0 Å². The Morgan fingerprint density at radius 1 is 0.957 bits per heavy atom. The monoisotopic (exact) mass is 307 g/mol. The summed E-state index contributed by atoms with van der Waals surface area (Å²) in [5.41, 5.74) is 3.27. The van der Waals surface area contributed by atoms with Gasteiger partial charge in [-0.25, -0.2) is 0 Å². The van der Waals surface area contributed by atoms with Crippen LogP contribution in [0, 0.1) is 6.92 Å². The summed E-state index contributed by atoms with van der Waals surface area (Å²) in [5.74, 6) is 0.260. The Labute approximate surface area is 139 Å². The van der Waals surface area contributed by atoms with Gasteiger partial charge in [-0.15, -0.1) is 0 Å². The molecular formula is C21H25NO. The summed E-state index contributed by atoms with van der Waals surface area (Å²) in [6.07, 6.45) is 4.49. The molecule has 0 bridgehead atoms. The molecule has 0 aliphatic carbocycles. The zero-order valence-corrected chi connectivity index (χ0v) is 13.9. The summed E-state index contributed by atoms with van der Waals surface area (Å²) in [5, 5.41) is 0. The lowest BCUT2D eigenvalue weighted by Gasteiger charge is -2.34. The smallest absolute Gasteiger partial charge is 0.180 e. The summed E-state index contributed by atoms with van der Waals surface area (Å²) in [6, 6.07) is 18.4. The number of ketones is 1. The van der Waals surface area contributed by atoms with Crippen LogP contribution < -0.4 is 0 Å². The van der Waals surface area contributed by atoms with Crippen molar-refractivity contribution in [2.24, 2.45) is 0 Å². The number of carbonyl (C=O) groups is 1. The van der Waals surface area contributed by atoms with Gasteiger partial charge in [0.2, 0.25) is 0 Å². The summed E-state index contributed by atoms with van der Waals surface area (Å²) in [4.78, 5) is 15.5. The molecule has 23 heavy (non-hydrogen) atoms. The maximum atomic E-state index is 13.1. The van der Waals surface area contributed by atoms with Gasteiger partial charge in [-0.3, -0.25) is 9.69 Å². The first kappa shape index (κ1) is 15.9. The van der Waals surface area contributed by atoms with Crippen molar-refractivity contribution in [2.75, 3.05) is 13.1 Å². The molecule has 0 saturated carbocycles. The maximum absolute atomic E-state index is 13.1. The van der Waals surface area contributed by atoms with Crippen LogP contribution in [0.1, 0.15) is 40.7 Å². The van der Waals surface area contributed by atoms with Gasteiger partial charge in [0.25, 0.3) is 0 Å². The van der Waals surface area contributed by atoms with Crippen LogP contribution in [-0.4, -0.2) is 29.8 Å². The Morgan fingerprint density at radius 2 is 1.61 bits per heavy atom. The molecule has 2 aromatic carbocycles. The molecule has 3 rings (SSSR count). The van der Waals surface area contributed by atoms with E-state index in [1.165, 1.54) is 30.4 Å². The first-order valence-corrected chi connectivity index (χ1v) is 8.63. The number of nitrogens with zero attached hydrogens (tertiary/aromatic N) is 1. The highest BCUT2D eigenvalue weighted by atomic mass is 16.1. The summed E-state index contributed by atoms with van der Waals surface area (Å²) in [7, 11) is 0. The van der Waals surface area contributed by atoms with E-state index >= 15 is 0 Å². The number of piperidine rings is 1. The quantitative estimate of drug-likeness (QED) is 0.769. The predicted octanol–water partition coefficient (Wildman–Crippen LogP) is 4.27. The fraction of sp³-hybridized carbons (Fsp3) is 0.381. The summed E-state index contributed by atoms with van der Waals surface area (Å²) < 4.78 is 0. The number of likely N-dealkylation sites (tertiary alicyclic amines) is 1. The topological polar surface area (TPSA) is 20.3 Å². The molecule has 2 aromatic rings. The van der Waals surface area contributed by atoms with E-state index < -0.39 is 0 Å². The van der Waals surface area contributed by atoms with Crippen LogP contribution in [0.2, 0.25) is 0 Å². The highest BCUT2D eigenvalue weighted by molar-refractivity contribution is 6.00. The molecule has 1 aliphatic heterocycles. The van der Waals surface area contributed by atoms with E-state index in [1.54, 1.807) is 0 Å². The van der Waals surface area contributed by atoms with Crippen molar-refractivity contribution in [3.63, 3.8) is 0 Å². The standard InChI is InChI=1S/C21H25NO/c1-17-10-12-19(13-11-17)21(23)20(22-14-6-3-7-15-22)16-18-8-4-2-5-9-18/h2,4-5,8-13,20H,3,6-7,14-16H2,1H3/t20-/m0/s1. The fourth-order valence-corrected chi connectivity index (χ4v) is 3.37. The van der Waals surface area contributed by atoms with Crippen LogP contribution in [0.3, 0.4) is 0 Å². The van der Waals surface area contributed by atoms with E-state index in [4.69, 9.17) is 0 Å². The average Bonchev–Trinajstić information content (AvgIpc) is 2.61. The van der Waals surface area contributed by atoms with E-state index in [0.29, 0.717) is 0 Å². The molecule has 0 spiro atoms. The first-order chi connectivity index (χ1) is 11.2. The molecule has 0 aromatic heterocycles. The van der Waals surface area contributed by atoms with Crippen LogP contribution in [0.4, 0.5) is 0 Å². The van der Waals surface area contributed by atoms with E-state index in [2.05, 4.69) is 36.1 Å². The number of benzene rings is 2. The normalized spacial score (nSPS) is 16.9. The van der Waals surface area contributed by atoms with Crippen molar-refractivity contribution in [3.8, 4) is 0 Å². The minimum absolute atomic E-state index is 0.0413. The number of rotatable bonds is 5. The van der Waals surface area contributed by atoms with Crippen LogP contribution >= 0.6 is 0 Å². The first-order valence-electron chi connectivity index (χ1n) is 8.63. The largest absolute Gasteiger partial charge is 0.293 e. The second-order valence-corrected chi connectivity index (χ2v) is 6.53. The molecule has 1 atom stereocenters. The SMILES string of the molecule is Cc1ccc(C(=O)[C@H](Cc2ccccc2)N2CCCCC2)cc1. The van der Waals surface area contributed by atoms with Crippen LogP contribution in [0.15, 0.2) is 54.6 Å². The van der Waals surface area contributed by atoms with Gasteiger partial charge < -0.3 is 0 Å². The number of carbonyl (C=O) groups excluding carboxylic acids is 1. The zero-order chi connectivity index (χ0) is 16.1. The molecular weight excluding hydrogens is 282 g/mol. The molecule has 0 amide bonds. The van der Waals surface area contributed by atoms with Crippen LogP contribution in [-0.2, 0) is 6.42 Å². The zero-order valence-electron chi connectivity index (χ0n) is 13.9. The lowest BCUT2D eigenvalue weighted by Crippen LogP contribution is -2.45. The maximum Gasteiger partial charge on any atom is 0.180 e. The predicted molar refractivity (Wildman–Crippen MR) is 94.9 cm³/mol. The third-order valence-electron chi connectivity index (χ3n) is 4.74. The van der Waals surface area contributed by atoms with E-state index in [0.717, 1.165) is 25.1 Å². The third-order valence-corrected chi connectivity index (χ3v) is 4.74. The second-order valence-electron chi connectivity index (χ2n) is 6.53. The van der Waals surface area contributed by atoms with Crippen molar-refractivity contribution in [1.29, 1.82) is 0 Å². The average molecular weight is 307 g/mol. The third kappa shape index (κ3) is 4.08. The number of aryl methyl sites for hydroxylation is 1. The van der Waals surface area contributed by atoms with E-state index in [-0.39, 0.29) is 11.8 Å². The minimum Gasteiger partial charge on any atom is -0.293 e. The van der Waals surface area contributed by atoms with E-state index in [9.17, 15) is 4.79 Å². The summed E-state index contributed by atoms with van der Waals surface area (Å²) >= 11 is 0. The number of Topliss-reactive ketones (excluding diaryl/α,β-unsaturated/α-hetero) is 1.